The fourth-order valence-electron chi connectivity index (χ4n) is 1.29. The standard InChI is InChI=1S/C12H16N2O2S/c1-7-4-5-10(6-8(7)2)14-11(15)9(3)17-12(13)16/h4-6,9H,1-3H3,(H2,13,16)(H,14,15). The number of nitrogens with two attached hydrogens (primary N) is 1. The molecule has 0 aliphatic rings. The highest BCUT2D eigenvalue weighted by molar-refractivity contribution is 8.14. The molecule has 0 saturated carbocycles. The lowest BCUT2D eigenvalue weighted by atomic mass is 10.1. The summed E-state index contributed by atoms with van der Waals surface area (Å²) >= 11 is 0.816. The van der Waals surface area contributed by atoms with Crippen LogP contribution in [0.5, 0.6) is 0 Å². The van der Waals surface area contributed by atoms with Crippen LogP contribution in [-0.4, -0.2) is 16.4 Å². The molecule has 4 nitrogen and oxygen atoms in total. The van der Waals surface area contributed by atoms with Crippen LogP contribution < -0.4 is 11.1 Å². The van der Waals surface area contributed by atoms with Gasteiger partial charge in [0, 0.05) is 5.69 Å². The quantitative estimate of drug-likeness (QED) is 0.867. The second-order valence-corrected chi connectivity index (χ2v) is 5.21. The molecule has 0 saturated heterocycles. The fourth-order valence-corrected chi connectivity index (χ4v) is 1.81. The van der Waals surface area contributed by atoms with Crippen LogP contribution in [0.3, 0.4) is 0 Å². The summed E-state index contributed by atoms with van der Waals surface area (Å²) < 4.78 is 0. The summed E-state index contributed by atoms with van der Waals surface area (Å²) in [5.74, 6) is -0.225. The second kappa shape index (κ2) is 5.72. The first-order chi connectivity index (χ1) is 7.90. The van der Waals surface area contributed by atoms with Gasteiger partial charge in [-0.15, -0.1) is 0 Å². The van der Waals surface area contributed by atoms with Crippen molar-refractivity contribution in [2.24, 2.45) is 5.73 Å². The molecule has 92 valence electrons. The molecular formula is C12H16N2O2S. The van der Waals surface area contributed by atoms with Crippen molar-refractivity contribution in [3.05, 3.63) is 29.3 Å². The molecule has 0 heterocycles. The van der Waals surface area contributed by atoms with Crippen molar-refractivity contribution in [3.63, 3.8) is 0 Å². The number of carbonyl (C=O) groups is 2. The topological polar surface area (TPSA) is 72.2 Å². The summed E-state index contributed by atoms with van der Waals surface area (Å²) in [5.41, 5.74) is 8.02. The highest BCUT2D eigenvalue weighted by Crippen LogP contribution is 2.17. The van der Waals surface area contributed by atoms with Gasteiger partial charge in [-0.2, -0.15) is 0 Å². The second-order valence-electron chi connectivity index (χ2n) is 3.87. The molecule has 0 aliphatic heterocycles. The van der Waals surface area contributed by atoms with Gasteiger partial charge in [-0.25, -0.2) is 0 Å². The van der Waals surface area contributed by atoms with Crippen LogP contribution in [0.15, 0.2) is 18.2 Å². The lowest BCUT2D eigenvalue weighted by molar-refractivity contribution is -0.115. The van der Waals surface area contributed by atoms with E-state index in [0.717, 1.165) is 23.0 Å². The molecule has 1 aromatic rings. The van der Waals surface area contributed by atoms with Gasteiger partial charge in [0.15, 0.2) is 0 Å². The van der Waals surface area contributed by atoms with E-state index in [4.69, 9.17) is 5.73 Å². The Labute approximate surface area is 105 Å². The smallest absolute Gasteiger partial charge is 0.277 e. The van der Waals surface area contributed by atoms with Gasteiger partial charge in [0.05, 0.1) is 5.25 Å². The number of anilines is 1. The average Bonchev–Trinajstić information content (AvgIpc) is 2.22. The van der Waals surface area contributed by atoms with Gasteiger partial charge in [-0.05, 0) is 44.0 Å². The lowest BCUT2D eigenvalue weighted by Gasteiger charge is -2.11. The number of hydrogen-bond donors (Lipinski definition) is 2. The first-order valence-electron chi connectivity index (χ1n) is 5.24. The Kier molecular flexibility index (Phi) is 4.57. The van der Waals surface area contributed by atoms with Crippen LogP contribution in [0.4, 0.5) is 10.5 Å². The first-order valence-corrected chi connectivity index (χ1v) is 6.12. The van der Waals surface area contributed by atoms with E-state index in [1.807, 2.05) is 32.0 Å². The fraction of sp³-hybridized carbons (Fsp3) is 0.333. The third kappa shape index (κ3) is 4.11. The molecular weight excluding hydrogens is 236 g/mol. The van der Waals surface area contributed by atoms with Crippen LogP contribution in [-0.2, 0) is 4.79 Å². The molecule has 5 heteroatoms. The zero-order valence-electron chi connectivity index (χ0n) is 10.1. The van der Waals surface area contributed by atoms with Gasteiger partial charge in [-0.1, -0.05) is 17.8 Å². The Morgan fingerprint density at radius 2 is 1.94 bits per heavy atom. The van der Waals surface area contributed by atoms with E-state index in [1.165, 1.54) is 5.56 Å². The number of benzene rings is 1. The maximum Gasteiger partial charge on any atom is 0.277 e. The molecule has 0 bridgehead atoms. The van der Waals surface area contributed by atoms with Crippen molar-refractivity contribution in [2.45, 2.75) is 26.0 Å². The highest BCUT2D eigenvalue weighted by Gasteiger charge is 2.16. The zero-order chi connectivity index (χ0) is 13.0. The van der Waals surface area contributed by atoms with Gasteiger partial charge in [0.1, 0.15) is 0 Å². The number of hydrogen-bond acceptors (Lipinski definition) is 3. The van der Waals surface area contributed by atoms with Gasteiger partial charge >= 0.3 is 0 Å². The number of nitrogens with one attached hydrogen (secondary N) is 1. The minimum atomic E-state index is -0.548. The molecule has 1 aromatic carbocycles. The largest absolute Gasteiger partial charge is 0.360 e. The Hall–Kier alpha value is -1.49. The third-order valence-electron chi connectivity index (χ3n) is 2.44. The number of aryl methyl sites for hydroxylation is 2. The van der Waals surface area contributed by atoms with Crippen molar-refractivity contribution < 1.29 is 9.59 Å². The van der Waals surface area contributed by atoms with E-state index in [-0.39, 0.29) is 5.91 Å². The number of primary amides is 1. The Morgan fingerprint density at radius 1 is 1.29 bits per heavy atom. The maximum atomic E-state index is 11.7. The molecule has 17 heavy (non-hydrogen) atoms. The molecule has 3 N–H and O–H groups in total. The Balaban J connectivity index is 2.67. The van der Waals surface area contributed by atoms with Crippen molar-refractivity contribution in [2.75, 3.05) is 5.32 Å². The minimum Gasteiger partial charge on any atom is -0.360 e. The Bertz CT molecular complexity index is 446. The van der Waals surface area contributed by atoms with E-state index < -0.39 is 10.5 Å². The van der Waals surface area contributed by atoms with Crippen molar-refractivity contribution >= 4 is 28.6 Å². The number of amides is 2. The van der Waals surface area contributed by atoms with Crippen LogP contribution in [0.25, 0.3) is 0 Å². The summed E-state index contributed by atoms with van der Waals surface area (Å²) in [5, 5.41) is 1.71. The van der Waals surface area contributed by atoms with Crippen LogP contribution in [0, 0.1) is 13.8 Å². The van der Waals surface area contributed by atoms with E-state index in [9.17, 15) is 9.59 Å². The molecule has 0 spiro atoms. The van der Waals surface area contributed by atoms with Crippen molar-refractivity contribution in [3.8, 4) is 0 Å². The normalized spacial score (nSPS) is 11.9. The summed E-state index contributed by atoms with van der Waals surface area (Å²) in [6.45, 7) is 5.63. The van der Waals surface area contributed by atoms with Gasteiger partial charge in [0.2, 0.25) is 5.91 Å². The lowest BCUT2D eigenvalue weighted by Crippen LogP contribution is -2.25. The zero-order valence-corrected chi connectivity index (χ0v) is 10.9. The molecule has 1 atom stereocenters. The molecule has 0 radical (unpaired) electrons. The monoisotopic (exact) mass is 252 g/mol. The molecule has 0 aliphatic carbocycles. The SMILES string of the molecule is Cc1ccc(NC(=O)C(C)SC(N)=O)cc1C. The Morgan fingerprint density at radius 3 is 2.47 bits per heavy atom. The number of carbonyl (C=O) groups excluding carboxylic acids is 2. The molecule has 0 fully saturated rings. The summed E-state index contributed by atoms with van der Waals surface area (Å²) in [7, 11) is 0. The van der Waals surface area contributed by atoms with E-state index in [0.29, 0.717) is 0 Å². The van der Waals surface area contributed by atoms with Gasteiger partial charge in [-0.3, -0.25) is 9.59 Å². The van der Waals surface area contributed by atoms with Crippen LogP contribution in [0.2, 0.25) is 0 Å². The molecule has 0 aromatic heterocycles. The van der Waals surface area contributed by atoms with Gasteiger partial charge in [0.25, 0.3) is 5.24 Å². The van der Waals surface area contributed by atoms with Crippen LogP contribution >= 0.6 is 11.8 Å². The van der Waals surface area contributed by atoms with Crippen LogP contribution in [0.1, 0.15) is 18.1 Å². The van der Waals surface area contributed by atoms with Gasteiger partial charge < -0.3 is 11.1 Å². The van der Waals surface area contributed by atoms with E-state index in [2.05, 4.69) is 5.32 Å². The predicted molar refractivity (Wildman–Crippen MR) is 71.2 cm³/mol. The van der Waals surface area contributed by atoms with E-state index in [1.54, 1.807) is 6.92 Å². The summed E-state index contributed by atoms with van der Waals surface area (Å²) in [4.78, 5) is 22.4. The first kappa shape index (κ1) is 13.6. The summed E-state index contributed by atoms with van der Waals surface area (Å²) in [6, 6.07) is 5.67. The highest BCUT2D eigenvalue weighted by atomic mass is 32.2. The van der Waals surface area contributed by atoms with E-state index >= 15 is 0 Å². The van der Waals surface area contributed by atoms with Crippen molar-refractivity contribution in [1.29, 1.82) is 0 Å². The predicted octanol–water partition coefficient (Wildman–Crippen LogP) is 2.44. The molecule has 1 unspecified atom stereocenters. The maximum absolute atomic E-state index is 11.7. The molecule has 1 rings (SSSR count). The average molecular weight is 252 g/mol. The summed E-state index contributed by atoms with van der Waals surface area (Å²) in [6.07, 6.45) is 0. The third-order valence-corrected chi connectivity index (χ3v) is 3.24. The number of rotatable bonds is 3. The minimum absolute atomic E-state index is 0.225. The molecule has 2 amide bonds. The number of thioether (sulfide) groups is 1. The van der Waals surface area contributed by atoms with Crippen molar-refractivity contribution in [1.82, 2.24) is 0 Å².